The fraction of sp³-hybridized carbons (Fsp3) is 0.300. The van der Waals surface area contributed by atoms with Gasteiger partial charge in [-0.05, 0) is 24.1 Å². The van der Waals surface area contributed by atoms with Crippen molar-refractivity contribution >= 4 is 5.97 Å². The molecule has 0 radical (unpaired) electrons. The van der Waals surface area contributed by atoms with E-state index >= 15 is 0 Å². The number of fused-ring (bicyclic) bond motifs is 1. The number of hydrogen-bond donors (Lipinski definition) is 2. The third kappa shape index (κ3) is 2.87. The maximum Gasteiger partial charge on any atom is 0.308 e. The van der Waals surface area contributed by atoms with Gasteiger partial charge in [0.2, 0.25) is 0 Å². The Morgan fingerprint density at radius 3 is 2.08 bits per heavy atom. The van der Waals surface area contributed by atoms with Crippen molar-refractivity contribution < 1.29 is 15.0 Å². The van der Waals surface area contributed by atoms with Crippen LogP contribution in [-0.4, -0.2) is 22.8 Å². The monoisotopic (exact) mass is 180 g/mol. The molecular formula is C10H12O3. The number of carboxylic acid groups (broad SMARTS) is 1. The molecule has 0 saturated carbocycles. The summed E-state index contributed by atoms with van der Waals surface area (Å²) in [4.78, 5) is 9.77. The molecule has 13 heavy (non-hydrogen) atoms. The molecule has 0 spiro atoms. The van der Waals surface area contributed by atoms with Gasteiger partial charge >= 0.3 is 5.97 Å². The zero-order valence-corrected chi connectivity index (χ0v) is 7.40. The summed E-state index contributed by atoms with van der Waals surface area (Å²) in [6.45, 7) is 1.16. The van der Waals surface area contributed by atoms with Gasteiger partial charge in [0.15, 0.2) is 0 Å². The van der Waals surface area contributed by atoms with E-state index in [4.69, 9.17) is 10.2 Å². The van der Waals surface area contributed by atoms with E-state index in [0.29, 0.717) is 0 Å². The smallest absolute Gasteiger partial charge is 0.308 e. The van der Waals surface area contributed by atoms with Gasteiger partial charge in [-0.25, -0.2) is 0 Å². The lowest BCUT2D eigenvalue weighted by molar-refractivity contribution is -0.142. The van der Waals surface area contributed by atoms with Gasteiger partial charge < -0.3 is 10.2 Å². The molecule has 2 rings (SSSR count). The molecule has 2 aliphatic carbocycles. The second kappa shape index (κ2) is 4.05. The Labute approximate surface area is 76.6 Å². The lowest BCUT2D eigenvalue weighted by Crippen LogP contribution is -2.12. The van der Waals surface area contributed by atoms with Gasteiger partial charge in [0.25, 0.3) is 0 Å². The first-order chi connectivity index (χ1) is 6.15. The van der Waals surface area contributed by atoms with Crippen LogP contribution in [0.25, 0.3) is 11.1 Å². The van der Waals surface area contributed by atoms with Crippen molar-refractivity contribution in [1.82, 2.24) is 0 Å². The molecule has 2 aliphatic rings. The van der Waals surface area contributed by atoms with E-state index in [0.717, 1.165) is 0 Å². The van der Waals surface area contributed by atoms with Crippen molar-refractivity contribution in [3.8, 4) is 11.1 Å². The molecule has 2 N–H and O–H groups in total. The number of hydrogen-bond acceptors (Lipinski definition) is 2. The summed E-state index contributed by atoms with van der Waals surface area (Å²) in [6, 6.07) is 8.48. The maximum absolute atomic E-state index is 9.77. The van der Waals surface area contributed by atoms with E-state index in [1.807, 2.05) is 0 Å². The highest BCUT2D eigenvalue weighted by Gasteiger charge is 2.07. The first-order valence-corrected chi connectivity index (χ1v) is 4.09. The summed E-state index contributed by atoms with van der Waals surface area (Å²) < 4.78 is 0. The Balaban J connectivity index is 0.000000130. The lowest BCUT2D eigenvalue weighted by atomic mass is 10.2. The first kappa shape index (κ1) is 9.74. The van der Waals surface area contributed by atoms with Crippen LogP contribution < -0.4 is 0 Å². The predicted octanol–water partition coefficient (Wildman–Crippen LogP) is 1.37. The Morgan fingerprint density at radius 2 is 2.00 bits per heavy atom. The van der Waals surface area contributed by atoms with Crippen molar-refractivity contribution in [1.29, 1.82) is 0 Å². The van der Waals surface area contributed by atoms with Crippen LogP contribution in [0.5, 0.6) is 0 Å². The summed E-state index contributed by atoms with van der Waals surface area (Å²) >= 11 is 0. The van der Waals surface area contributed by atoms with Crippen LogP contribution in [0, 0.1) is 5.92 Å². The van der Waals surface area contributed by atoms with E-state index < -0.39 is 11.9 Å². The standard InChI is InChI=1S/C6H4.C4H8O3/c1-2-5-4-6(5)3-1;1-3(2-5)4(6)7/h1-4H;3,5H,2H2,1H3,(H,6,7). The first-order valence-electron chi connectivity index (χ1n) is 4.09. The number of aliphatic hydroxyl groups excluding tert-OH is 1. The molecule has 3 nitrogen and oxygen atoms in total. The largest absolute Gasteiger partial charge is 0.481 e. The van der Waals surface area contributed by atoms with Crippen LogP contribution in [0.15, 0.2) is 24.3 Å². The molecule has 1 atom stereocenters. The molecule has 0 heterocycles. The van der Waals surface area contributed by atoms with Gasteiger partial charge in [-0.2, -0.15) is 0 Å². The average Bonchev–Trinajstić information content (AvgIpc) is 2.73. The molecule has 0 fully saturated rings. The summed E-state index contributed by atoms with van der Waals surface area (Å²) in [7, 11) is 0. The third-order valence-electron chi connectivity index (χ3n) is 1.81. The zero-order valence-electron chi connectivity index (χ0n) is 7.40. The van der Waals surface area contributed by atoms with E-state index in [2.05, 4.69) is 24.3 Å². The van der Waals surface area contributed by atoms with E-state index in [-0.39, 0.29) is 6.61 Å². The van der Waals surface area contributed by atoms with Gasteiger partial charge in [0.1, 0.15) is 0 Å². The number of carbonyl (C=O) groups is 1. The van der Waals surface area contributed by atoms with Gasteiger partial charge in [-0.3, -0.25) is 4.79 Å². The molecule has 1 unspecified atom stereocenters. The van der Waals surface area contributed by atoms with Crippen molar-refractivity contribution in [2.24, 2.45) is 5.92 Å². The molecule has 0 aromatic carbocycles. The van der Waals surface area contributed by atoms with Crippen LogP contribution in [0.1, 0.15) is 6.92 Å². The van der Waals surface area contributed by atoms with Gasteiger partial charge in [-0.1, -0.05) is 18.2 Å². The SMILES string of the molecule is CC(CO)C(=O)O.c1cc2cc-2c1. The average molecular weight is 180 g/mol. The second-order valence-electron chi connectivity index (χ2n) is 3.00. The number of carboxylic acids is 1. The Kier molecular flexibility index (Phi) is 3.03. The number of aliphatic carboxylic acids is 1. The molecule has 0 bridgehead atoms. The summed E-state index contributed by atoms with van der Waals surface area (Å²) in [5.41, 5.74) is 2.85. The van der Waals surface area contributed by atoms with Crippen molar-refractivity contribution in [2.45, 2.75) is 6.92 Å². The molecule has 0 saturated heterocycles. The molecule has 3 heteroatoms. The van der Waals surface area contributed by atoms with Gasteiger partial charge in [0, 0.05) is 0 Å². The Morgan fingerprint density at radius 1 is 1.46 bits per heavy atom. The predicted molar refractivity (Wildman–Crippen MR) is 49.3 cm³/mol. The third-order valence-corrected chi connectivity index (χ3v) is 1.81. The van der Waals surface area contributed by atoms with Crippen LogP contribution in [-0.2, 0) is 4.79 Å². The minimum absolute atomic E-state index is 0.282. The van der Waals surface area contributed by atoms with E-state index in [1.54, 1.807) is 0 Å². The quantitative estimate of drug-likeness (QED) is 0.733. The highest BCUT2D eigenvalue weighted by atomic mass is 16.4. The lowest BCUT2D eigenvalue weighted by Gasteiger charge is -1.95. The molecule has 70 valence electrons. The molecule has 0 aliphatic heterocycles. The second-order valence-corrected chi connectivity index (χ2v) is 3.00. The summed E-state index contributed by atoms with van der Waals surface area (Å²) in [5, 5.41) is 16.1. The van der Waals surface area contributed by atoms with Crippen LogP contribution in [0.3, 0.4) is 0 Å². The molecular weight excluding hydrogens is 168 g/mol. The number of rotatable bonds is 2. The topological polar surface area (TPSA) is 57.5 Å². The maximum atomic E-state index is 9.77. The van der Waals surface area contributed by atoms with E-state index in [1.165, 1.54) is 18.1 Å². The zero-order chi connectivity index (χ0) is 9.84. The normalized spacial score (nSPS) is 12.5. The molecule has 0 aromatic rings. The van der Waals surface area contributed by atoms with Crippen LogP contribution >= 0.6 is 0 Å². The Hall–Kier alpha value is -1.35. The van der Waals surface area contributed by atoms with Crippen molar-refractivity contribution in [2.75, 3.05) is 6.61 Å². The van der Waals surface area contributed by atoms with Crippen LogP contribution in [0.2, 0.25) is 0 Å². The van der Waals surface area contributed by atoms with E-state index in [9.17, 15) is 4.79 Å². The minimum atomic E-state index is -0.956. The van der Waals surface area contributed by atoms with Crippen molar-refractivity contribution in [3.05, 3.63) is 24.3 Å². The summed E-state index contributed by atoms with van der Waals surface area (Å²) in [6.07, 6.45) is 0. The van der Waals surface area contributed by atoms with Gasteiger partial charge in [-0.15, -0.1) is 0 Å². The van der Waals surface area contributed by atoms with Gasteiger partial charge in [0.05, 0.1) is 12.5 Å². The molecule has 0 amide bonds. The fourth-order valence-corrected chi connectivity index (χ4v) is 0.754. The number of aliphatic hydroxyl groups is 1. The van der Waals surface area contributed by atoms with Crippen LogP contribution in [0.4, 0.5) is 0 Å². The minimum Gasteiger partial charge on any atom is -0.481 e. The van der Waals surface area contributed by atoms with Crippen molar-refractivity contribution in [3.63, 3.8) is 0 Å². The fourth-order valence-electron chi connectivity index (χ4n) is 0.754. The number of benzene rings is 1. The summed E-state index contributed by atoms with van der Waals surface area (Å²) in [5.74, 6) is -1.58. The highest BCUT2D eigenvalue weighted by Crippen LogP contribution is 2.32. The Bertz CT molecular complexity index is 290. The highest BCUT2D eigenvalue weighted by molar-refractivity contribution is 5.80. The molecule has 0 aromatic heterocycles.